The predicted octanol–water partition coefficient (Wildman–Crippen LogP) is 5.35. The molecule has 0 atom stereocenters. The molecule has 0 amide bonds. The first kappa shape index (κ1) is 26.2. The van der Waals surface area contributed by atoms with Crippen LogP contribution in [0.2, 0.25) is 0 Å². The Bertz CT molecular complexity index is 1980. The monoisotopic (exact) mass is 584 g/mol. The van der Waals surface area contributed by atoms with Gasteiger partial charge in [0, 0.05) is 47.5 Å². The van der Waals surface area contributed by atoms with Gasteiger partial charge in [0.25, 0.3) is 23.3 Å². The Kier molecular flexibility index (Phi) is 5.75. The maximum Gasteiger partial charge on any atom is 0.273 e. The summed E-state index contributed by atoms with van der Waals surface area (Å²) in [5.41, 5.74) is 14.7. The molecule has 1 aromatic carbocycles. The van der Waals surface area contributed by atoms with Crippen molar-refractivity contribution in [1.29, 1.82) is 0 Å². The van der Waals surface area contributed by atoms with Crippen molar-refractivity contribution < 1.29 is 9.13 Å². The van der Waals surface area contributed by atoms with Gasteiger partial charge in [0.1, 0.15) is 0 Å². The highest BCUT2D eigenvalue weighted by molar-refractivity contribution is 5.89. The molecule has 44 heavy (non-hydrogen) atoms. The number of nitrogens with zero attached hydrogens (tertiary/aromatic N) is 8. The van der Waals surface area contributed by atoms with Crippen LogP contribution in [0.4, 0.5) is 0 Å². The van der Waals surface area contributed by atoms with Crippen molar-refractivity contribution >= 4 is 33.7 Å². The number of aryl methyl sites for hydroxylation is 6. The molecular weight excluding hydrogens is 544 g/mol. The summed E-state index contributed by atoms with van der Waals surface area (Å²) >= 11 is 0. The van der Waals surface area contributed by atoms with Gasteiger partial charge in [-0.3, -0.25) is 9.13 Å². The van der Waals surface area contributed by atoms with Crippen LogP contribution < -0.4 is 9.13 Å². The van der Waals surface area contributed by atoms with Crippen molar-refractivity contribution in [1.82, 2.24) is 29.1 Å². The minimum absolute atomic E-state index is 0.957. The van der Waals surface area contributed by atoms with Gasteiger partial charge in [0.05, 0.1) is 25.2 Å². The van der Waals surface area contributed by atoms with Crippen LogP contribution in [-0.2, 0) is 53.9 Å². The van der Waals surface area contributed by atoms with Gasteiger partial charge in [0.2, 0.25) is 22.6 Å². The first-order valence-electron chi connectivity index (χ1n) is 16.6. The van der Waals surface area contributed by atoms with Gasteiger partial charge in [-0.25, -0.2) is 9.13 Å². The van der Waals surface area contributed by atoms with E-state index in [1.165, 1.54) is 71.9 Å². The maximum atomic E-state index is 5.56. The summed E-state index contributed by atoms with van der Waals surface area (Å²) < 4.78 is 9.02. The lowest BCUT2D eigenvalue weighted by atomic mass is 9.92. The van der Waals surface area contributed by atoms with Gasteiger partial charge in [-0.2, -0.15) is 0 Å². The molecule has 0 saturated carbocycles. The second-order valence-electron chi connectivity index (χ2n) is 13.3. The molecule has 3 aromatic heterocycles. The number of hydrogen-bond acceptors (Lipinski definition) is 4. The third kappa shape index (κ3) is 3.57. The van der Waals surface area contributed by atoms with E-state index in [0.29, 0.717) is 0 Å². The van der Waals surface area contributed by atoms with E-state index >= 15 is 0 Å². The molecular formula is C36H40N8+2. The molecule has 2 aliphatic heterocycles. The number of rotatable bonds is 0. The molecule has 8 nitrogen and oxygen atoms in total. The molecule has 0 unspecified atom stereocenters. The van der Waals surface area contributed by atoms with E-state index in [1.54, 1.807) is 0 Å². The normalized spacial score (nSPS) is 17.3. The lowest BCUT2D eigenvalue weighted by Crippen LogP contribution is -2.34. The molecule has 0 N–H and O–H groups in total. The summed E-state index contributed by atoms with van der Waals surface area (Å²) in [6.45, 7) is 0. The summed E-state index contributed by atoms with van der Waals surface area (Å²) in [7, 11) is 8.63. The highest BCUT2D eigenvalue weighted by Gasteiger charge is 2.36. The minimum atomic E-state index is 0.957. The summed E-state index contributed by atoms with van der Waals surface area (Å²) in [4.78, 5) is 22.1. The molecule has 9 rings (SSSR count). The summed E-state index contributed by atoms with van der Waals surface area (Å²) in [5.74, 6) is 4.06. The minimum Gasteiger partial charge on any atom is -0.286 e. The van der Waals surface area contributed by atoms with Crippen LogP contribution in [0.25, 0.3) is 56.5 Å². The Morgan fingerprint density at radius 1 is 0.477 bits per heavy atom. The smallest absolute Gasteiger partial charge is 0.273 e. The van der Waals surface area contributed by atoms with Crippen molar-refractivity contribution in [2.45, 2.75) is 77.0 Å². The van der Waals surface area contributed by atoms with Gasteiger partial charge in [-0.1, -0.05) is 32.1 Å². The van der Waals surface area contributed by atoms with E-state index in [-0.39, 0.29) is 0 Å². The summed E-state index contributed by atoms with van der Waals surface area (Å²) in [6.07, 6.45) is 13.5. The number of aromatic nitrogens is 8. The number of hydrogen-bond donors (Lipinski definition) is 0. The fourth-order valence-corrected chi connectivity index (χ4v) is 8.57. The SMILES string of the molecule is Cn1c2nc3[n+](C)c(nc4c5c(c(nc6[n+](C)c(nc1c1c2CCCC1)-c1ccccc1-6)n4C)CCCC5)C1=C3CCCC1. The molecule has 3 aliphatic carbocycles. The predicted molar refractivity (Wildman–Crippen MR) is 171 cm³/mol. The zero-order valence-electron chi connectivity index (χ0n) is 26.4. The Hall–Kier alpha value is -4.20. The van der Waals surface area contributed by atoms with Gasteiger partial charge in [-0.05, 0) is 89.2 Å². The third-order valence-electron chi connectivity index (χ3n) is 10.8. The molecule has 5 heterocycles. The number of allylic oxidation sites excluding steroid dienone is 2. The van der Waals surface area contributed by atoms with Crippen LogP contribution in [0.1, 0.15) is 85.3 Å². The van der Waals surface area contributed by atoms with E-state index in [4.69, 9.17) is 19.9 Å². The van der Waals surface area contributed by atoms with Crippen LogP contribution in [0, 0.1) is 0 Å². The van der Waals surface area contributed by atoms with Crippen LogP contribution >= 0.6 is 0 Å². The van der Waals surface area contributed by atoms with Gasteiger partial charge < -0.3 is 0 Å². The number of fused-ring (bicyclic) bond motifs is 19. The van der Waals surface area contributed by atoms with E-state index in [9.17, 15) is 0 Å². The molecule has 222 valence electrons. The van der Waals surface area contributed by atoms with Gasteiger partial charge in [-0.15, -0.1) is 0 Å². The third-order valence-corrected chi connectivity index (χ3v) is 10.8. The lowest BCUT2D eigenvalue weighted by Gasteiger charge is -2.10. The largest absolute Gasteiger partial charge is 0.286 e. The van der Waals surface area contributed by atoms with Gasteiger partial charge in [0.15, 0.2) is 0 Å². The van der Waals surface area contributed by atoms with E-state index in [0.717, 1.165) is 95.5 Å². The van der Waals surface area contributed by atoms with E-state index < -0.39 is 0 Å². The van der Waals surface area contributed by atoms with Crippen LogP contribution in [-0.4, -0.2) is 29.1 Å². The maximum absolute atomic E-state index is 5.56. The average Bonchev–Trinajstić information content (AvgIpc) is 3.67. The topological polar surface area (TPSA) is 69.2 Å². The molecule has 0 fully saturated rings. The van der Waals surface area contributed by atoms with Crippen molar-refractivity contribution in [2.75, 3.05) is 0 Å². The summed E-state index contributed by atoms with van der Waals surface area (Å²) in [5, 5.41) is 0. The number of benzene rings is 1. The average molecular weight is 585 g/mol. The van der Waals surface area contributed by atoms with Crippen LogP contribution in [0.3, 0.4) is 0 Å². The zero-order valence-corrected chi connectivity index (χ0v) is 26.4. The molecule has 8 heteroatoms. The Morgan fingerprint density at radius 3 is 1.18 bits per heavy atom. The fraction of sp³-hybridized carbons (Fsp3) is 0.444. The van der Waals surface area contributed by atoms with Crippen molar-refractivity contribution in [3.05, 3.63) is 58.2 Å². The molecule has 5 aliphatic rings. The Balaban J connectivity index is 1.52. The highest BCUT2D eigenvalue weighted by Crippen LogP contribution is 2.40. The molecule has 0 radical (unpaired) electrons. The molecule has 0 saturated heterocycles. The van der Waals surface area contributed by atoms with Crippen molar-refractivity contribution in [2.24, 2.45) is 28.2 Å². The lowest BCUT2D eigenvalue weighted by molar-refractivity contribution is -0.678. The Morgan fingerprint density at radius 2 is 0.795 bits per heavy atom. The van der Waals surface area contributed by atoms with Crippen LogP contribution in [0.5, 0.6) is 0 Å². The van der Waals surface area contributed by atoms with Crippen LogP contribution in [0.15, 0.2) is 24.3 Å². The molecule has 8 bridgehead atoms. The summed E-state index contributed by atoms with van der Waals surface area (Å²) in [6, 6.07) is 8.62. The van der Waals surface area contributed by atoms with Crippen molar-refractivity contribution in [3.8, 4) is 22.8 Å². The molecule has 0 spiro atoms. The highest BCUT2D eigenvalue weighted by atomic mass is 15.2. The first-order valence-corrected chi connectivity index (χ1v) is 16.6. The fourth-order valence-electron chi connectivity index (χ4n) is 8.57. The second kappa shape index (κ2) is 9.65. The van der Waals surface area contributed by atoms with Crippen molar-refractivity contribution in [3.63, 3.8) is 0 Å². The second-order valence-corrected chi connectivity index (χ2v) is 13.3. The quantitative estimate of drug-likeness (QED) is 0.230. The van der Waals surface area contributed by atoms with Gasteiger partial charge >= 0.3 is 0 Å². The standard InChI is InChI=1S/C36H40N8/c1-41-29-21-13-5-6-14-22(21)30(41)38-32-24-16-8-10-18-26(24)34(43(32)3)40-36-28-20-12-11-19-27(28)35(44(36)4)39-33-25-17-9-7-15-23(25)31(37-29)42(33)2/h5-6,13-14H,7-12,15-20H2,1-4H3/q+2. The molecule has 4 aromatic rings. The first-order chi connectivity index (χ1) is 21.5. The zero-order chi connectivity index (χ0) is 29.7. The Labute approximate surface area is 257 Å². The van der Waals surface area contributed by atoms with E-state index in [1.807, 2.05) is 0 Å². The van der Waals surface area contributed by atoms with E-state index in [2.05, 4.69) is 70.7 Å².